The normalized spacial score (nSPS) is 17.8. The molecule has 2 aromatic rings. The lowest BCUT2D eigenvalue weighted by Gasteiger charge is -2.26. The zero-order valence-corrected chi connectivity index (χ0v) is 12.6. The summed E-state index contributed by atoms with van der Waals surface area (Å²) in [5.74, 6) is 0.965. The van der Waals surface area contributed by atoms with E-state index in [4.69, 9.17) is 4.74 Å². The van der Waals surface area contributed by atoms with Crippen LogP contribution in [0.5, 0.6) is 5.75 Å². The zero-order valence-electron chi connectivity index (χ0n) is 11.8. The summed E-state index contributed by atoms with van der Waals surface area (Å²) in [6.07, 6.45) is 6.39. The van der Waals surface area contributed by atoms with Crippen molar-refractivity contribution in [3.63, 3.8) is 0 Å². The summed E-state index contributed by atoms with van der Waals surface area (Å²) in [6, 6.07) is 7.04. The number of ether oxygens (including phenoxy) is 1. The van der Waals surface area contributed by atoms with Gasteiger partial charge in [0.25, 0.3) is 0 Å². The number of nitrogens with one attached hydrogen (secondary N) is 1. The molecule has 1 aromatic heterocycles. The molecule has 1 unspecified atom stereocenters. The summed E-state index contributed by atoms with van der Waals surface area (Å²) in [4.78, 5) is 4.32. The first-order valence-electron chi connectivity index (χ1n) is 7.12. The Kier molecular flexibility index (Phi) is 4.33. The van der Waals surface area contributed by atoms with Crippen LogP contribution < -0.4 is 10.1 Å². The molecule has 3 rings (SSSR count). The third-order valence-electron chi connectivity index (χ3n) is 3.90. The summed E-state index contributed by atoms with van der Waals surface area (Å²) in [5.41, 5.74) is 2.91. The van der Waals surface area contributed by atoms with Gasteiger partial charge in [-0.05, 0) is 42.5 Å². The Hall–Kier alpha value is -1.39. The van der Waals surface area contributed by atoms with Crippen LogP contribution in [0.4, 0.5) is 0 Å². The monoisotopic (exact) mass is 288 g/mol. The van der Waals surface area contributed by atoms with E-state index in [1.165, 1.54) is 22.6 Å². The molecule has 0 fully saturated rings. The molecule has 3 nitrogen and oxygen atoms in total. The van der Waals surface area contributed by atoms with Crippen molar-refractivity contribution in [2.24, 2.45) is 0 Å². The minimum absolute atomic E-state index is 0.578. The second kappa shape index (κ2) is 6.37. The molecule has 0 amide bonds. The predicted molar refractivity (Wildman–Crippen MR) is 82.6 cm³/mol. The van der Waals surface area contributed by atoms with Gasteiger partial charge in [0.2, 0.25) is 0 Å². The van der Waals surface area contributed by atoms with Crippen LogP contribution in [0.15, 0.2) is 29.8 Å². The van der Waals surface area contributed by atoms with Crippen LogP contribution in [0.25, 0.3) is 0 Å². The molecule has 20 heavy (non-hydrogen) atoms. The van der Waals surface area contributed by atoms with Gasteiger partial charge in [-0.15, -0.1) is 11.3 Å². The van der Waals surface area contributed by atoms with E-state index in [9.17, 15) is 0 Å². The van der Waals surface area contributed by atoms with Gasteiger partial charge in [0.1, 0.15) is 5.75 Å². The van der Waals surface area contributed by atoms with Gasteiger partial charge < -0.3 is 10.1 Å². The maximum atomic E-state index is 5.32. The lowest BCUT2D eigenvalue weighted by Crippen LogP contribution is -2.35. The molecule has 0 saturated carbocycles. The lowest BCUT2D eigenvalue weighted by atomic mass is 9.88. The van der Waals surface area contributed by atoms with E-state index in [1.54, 1.807) is 18.4 Å². The highest BCUT2D eigenvalue weighted by Crippen LogP contribution is 2.25. The molecule has 0 radical (unpaired) electrons. The van der Waals surface area contributed by atoms with Crippen molar-refractivity contribution < 1.29 is 4.74 Å². The van der Waals surface area contributed by atoms with E-state index in [2.05, 4.69) is 28.5 Å². The number of thiazole rings is 1. The fourth-order valence-corrected chi connectivity index (χ4v) is 3.41. The Bertz CT molecular complexity index is 554. The second-order valence-electron chi connectivity index (χ2n) is 5.20. The number of hydrogen-bond donors (Lipinski definition) is 1. The molecule has 1 atom stereocenters. The van der Waals surface area contributed by atoms with Crippen molar-refractivity contribution >= 4 is 11.3 Å². The van der Waals surface area contributed by atoms with E-state index in [-0.39, 0.29) is 0 Å². The van der Waals surface area contributed by atoms with Crippen molar-refractivity contribution in [3.05, 3.63) is 45.9 Å². The highest BCUT2D eigenvalue weighted by atomic mass is 32.1. The molecule has 0 spiro atoms. The van der Waals surface area contributed by atoms with E-state index >= 15 is 0 Å². The first-order chi connectivity index (χ1) is 9.85. The van der Waals surface area contributed by atoms with Gasteiger partial charge in [-0.1, -0.05) is 6.07 Å². The highest BCUT2D eigenvalue weighted by molar-refractivity contribution is 7.09. The van der Waals surface area contributed by atoms with Crippen LogP contribution >= 0.6 is 11.3 Å². The van der Waals surface area contributed by atoms with Gasteiger partial charge in [-0.3, -0.25) is 0 Å². The topological polar surface area (TPSA) is 34.1 Å². The average Bonchev–Trinajstić information content (AvgIpc) is 3.00. The maximum Gasteiger partial charge on any atom is 0.119 e. The number of hydrogen-bond acceptors (Lipinski definition) is 4. The largest absolute Gasteiger partial charge is 0.497 e. The SMILES string of the molecule is COc1ccc2c(c1)CC(NCCc1nccs1)CC2. The Balaban J connectivity index is 1.55. The Morgan fingerprint density at radius 2 is 2.35 bits per heavy atom. The fourth-order valence-electron chi connectivity index (χ4n) is 2.79. The van der Waals surface area contributed by atoms with Crippen molar-refractivity contribution in [2.75, 3.05) is 13.7 Å². The number of methoxy groups -OCH3 is 1. The van der Waals surface area contributed by atoms with Gasteiger partial charge in [-0.25, -0.2) is 4.98 Å². The molecule has 0 aliphatic heterocycles. The highest BCUT2D eigenvalue weighted by Gasteiger charge is 2.18. The fraction of sp³-hybridized carbons (Fsp3) is 0.438. The number of rotatable bonds is 5. The second-order valence-corrected chi connectivity index (χ2v) is 6.18. The Morgan fingerprint density at radius 1 is 1.40 bits per heavy atom. The molecular weight excluding hydrogens is 268 g/mol. The van der Waals surface area contributed by atoms with Gasteiger partial charge in [0.05, 0.1) is 12.1 Å². The van der Waals surface area contributed by atoms with E-state index < -0.39 is 0 Å². The van der Waals surface area contributed by atoms with Crippen molar-refractivity contribution in [2.45, 2.75) is 31.7 Å². The van der Waals surface area contributed by atoms with Gasteiger partial charge in [0.15, 0.2) is 0 Å². The summed E-state index contributed by atoms with van der Waals surface area (Å²) in [7, 11) is 1.73. The quantitative estimate of drug-likeness (QED) is 0.918. The number of aryl methyl sites for hydroxylation is 1. The Labute approximate surface area is 124 Å². The van der Waals surface area contributed by atoms with Gasteiger partial charge in [-0.2, -0.15) is 0 Å². The molecule has 1 aliphatic carbocycles. The van der Waals surface area contributed by atoms with Crippen LogP contribution in [0.2, 0.25) is 0 Å². The van der Waals surface area contributed by atoms with Crippen molar-refractivity contribution in [3.8, 4) is 5.75 Å². The van der Waals surface area contributed by atoms with Crippen LogP contribution in [0.1, 0.15) is 22.6 Å². The van der Waals surface area contributed by atoms with Crippen LogP contribution in [-0.4, -0.2) is 24.7 Å². The minimum atomic E-state index is 0.578. The summed E-state index contributed by atoms with van der Waals surface area (Å²) >= 11 is 1.74. The molecule has 1 aliphatic rings. The molecule has 4 heteroatoms. The summed E-state index contributed by atoms with van der Waals surface area (Å²) < 4.78 is 5.32. The van der Waals surface area contributed by atoms with E-state index in [1.807, 2.05) is 11.6 Å². The standard InChI is InChI=1S/C16H20N2OS/c1-19-15-5-3-12-2-4-14(10-13(12)11-15)17-7-6-16-18-8-9-20-16/h3,5,8-9,11,14,17H,2,4,6-7,10H2,1H3. The first kappa shape index (κ1) is 13.6. The smallest absolute Gasteiger partial charge is 0.119 e. The van der Waals surface area contributed by atoms with Crippen LogP contribution in [-0.2, 0) is 19.3 Å². The number of nitrogens with zero attached hydrogens (tertiary/aromatic N) is 1. The molecule has 0 bridgehead atoms. The molecular formula is C16H20N2OS. The molecule has 106 valence electrons. The third-order valence-corrected chi connectivity index (χ3v) is 4.74. The summed E-state index contributed by atoms with van der Waals surface area (Å²) in [6.45, 7) is 1.01. The lowest BCUT2D eigenvalue weighted by molar-refractivity contribution is 0.411. The molecule has 1 N–H and O–H groups in total. The zero-order chi connectivity index (χ0) is 13.8. The van der Waals surface area contributed by atoms with Crippen molar-refractivity contribution in [1.29, 1.82) is 0 Å². The number of benzene rings is 1. The van der Waals surface area contributed by atoms with Gasteiger partial charge in [0, 0.05) is 30.6 Å². The summed E-state index contributed by atoms with van der Waals surface area (Å²) in [5, 5.41) is 6.92. The van der Waals surface area contributed by atoms with Gasteiger partial charge >= 0.3 is 0 Å². The number of fused-ring (bicyclic) bond motifs is 1. The van der Waals surface area contributed by atoms with Crippen LogP contribution in [0.3, 0.4) is 0 Å². The molecule has 1 aromatic carbocycles. The average molecular weight is 288 g/mol. The molecule has 0 saturated heterocycles. The molecule has 1 heterocycles. The van der Waals surface area contributed by atoms with E-state index in [0.29, 0.717) is 6.04 Å². The Morgan fingerprint density at radius 3 is 3.15 bits per heavy atom. The first-order valence-corrected chi connectivity index (χ1v) is 8.00. The third kappa shape index (κ3) is 3.19. The maximum absolute atomic E-state index is 5.32. The predicted octanol–water partition coefficient (Wildman–Crippen LogP) is 2.84. The van der Waals surface area contributed by atoms with Crippen molar-refractivity contribution in [1.82, 2.24) is 10.3 Å². The van der Waals surface area contributed by atoms with E-state index in [0.717, 1.165) is 31.6 Å². The minimum Gasteiger partial charge on any atom is -0.497 e. The van der Waals surface area contributed by atoms with Crippen LogP contribution in [0, 0.1) is 0 Å². The number of aromatic nitrogens is 1.